The zero-order valence-electron chi connectivity index (χ0n) is 20.4. The summed E-state index contributed by atoms with van der Waals surface area (Å²) < 4.78 is 62.7. The summed E-state index contributed by atoms with van der Waals surface area (Å²) in [5.74, 6) is -0.534. The molecule has 0 saturated heterocycles. The minimum Gasteiger partial charge on any atom is -0.506 e. The summed E-state index contributed by atoms with van der Waals surface area (Å²) in [6.45, 7) is 0.643. The molecule has 0 spiro atoms. The van der Waals surface area contributed by atoms with Crippen LogP contribution in [-0.4, -0.2) is 48.7 Å². The van der Waals surface area contributed by atoms with Gasteiger partial charge in [-0.05, 0) is 77.8 Å². The number of hydrogen-bond donors (Lipinski definition) is 4. The third-order valence-corrected chi connectivity index (χ3v) is 6.94. The molecule has 14 heteroatoms. The van der Waals surface area contributed by atoms with Crippen LogP contribution < -0.4 is 15.4 Å². The number of alkyl halides is 3. The van der Waals surface area contributed by atoms with E-state index in [1.54, 1.807) is 35.2 Å². The van der Waals surface area contributed by atoms with Gasteiger partial charge in [-0.2, -0.15) is 13.2 Å². The number of rotatable bonds is 7. The van der Waals surface area contributed by atoms with Crippen molar-refractivity contribution in [1.29, 1.82) is 0 Å². The van der Waals surface area contributed by atoms with Crippen LogP contribution >= 0.6 is 11.8 Å². The maximum absolute atomic E-state index is 13.0. The van der Waals surface area contributed by atoms with Crippen molar-refractivity contribution in [3.05, 3.63) is 77.4 Å². The van der Waals surface area contributed by atoms with Crippen LogP contribution in [0.1, 0.15) is 21.5 Å². The molecule has 0 aromatic heterocycles. The summed E-state index contributed by atoms with van der Waals surface area (Å²) in [7, 11) is -3.64. The molecule has 0 aliphatic carbocycles. The molecule has 3 aromatic carbocycles. The summed E-state index contributed by atoms with van der Waals surface area (Å²) in [6.07, 6.45) is 1.44. The fourth-order valence-corrected chi connectivity index (χ4v) is 5.07. The quantitative estimate of drug-likeness (QED) is 0.172. The summed E-state index contributed by atoms with van der Waals surface area (Å²) in [4.78, 5) is 27.2. The average Bonchev–Trinajstić information content (AvgIpc) is 2.82. The van der Waals surface area contributed by atoms with Crippen molar-refractivity contribution in [3.63, 3.8) is 0 Å². The van der Waals surface area contributed by atoms with Gasteiger partial charge < -0.3 is 20.6 Å². The van der Waals surface area contributed by atoms with Crippen molar-refractivity contribution in [2.75, 3.05) is 28.2 Å². The minimum absolute atomic E-state index is 0.0713. The van der Waals surface area contributed by atoms with E-state index in [9.17, 15) is 36.3 Å². The monoisotopic (exact) mass is 580 g/mol. The molecule has 0 saturated carbocycles. The van der Waals surface area contributed by atoms with Crippen molar-refractivity contribution < 1.29 is 36.3 Å². The molecular weight excluding hydrogens is 557 g/mol. The average molecular weight is 581 g/mol. The lowest BCUT2D eigenvalue weighted by Crippen LogP contribution is -2.37. The number of hydrogen-bond acceptors (Lipinski definition) is 6. The van der Waals surface area contributed by atoms with Crippen LogP contribution in [0.25, 0.3) is 0 Å². The number of halogens is 3. The van der Waals surface area contributed by atoms with E-state index >= 15 is 0 Å². The first kappa shape index (κ1) is 28.1. The molecule has 4 rings (SSSR count). The van der Waals surface area contributed by atoms with Crippen molar-refractivity contribution in [3.8, 4) is 5.75 Å². The van der Waals surface area contributed by atoms with Crippen molar-refractivity contribution in [1.82, 2.24) is 4.90 Å². The fraction of sp³-hybridized carbons (Fsp3) is 0.200. The van der Waals surface area contributed by atoms with Crippen molar-refractivity contribution in [2.45, 2.75) is 23.4 Å². The SMILES string of the molecule is CS(=O)(=O)Nc1cc(NC(=O)Nc2ccc3c(c2)CCN(Cc2ccc(SC(F)(F)F)cc2)C3=O)ccc1O. The Morgan fingerprint density at radius 2 is 1.67 bits per heavy atom. The Balaban J connectivity index is 1.38. The van der Waals surface area contributed by atoms with Gasteiger partial charge in [-0.25, -0.2) is 13.2 Å². The van der Waals surface area contributed by atoms with Crippen molar-refractivity contribution in [2.24, 2.45) is 0 Å². The third-order valence-electron chi connectivity index (χ3n) is 5.61. The molecule has 1 aliphatic heterocycles. The van der Waals surface area contributed by atoms with Gasteiger partial charge in [-0.15, -0.1) is 0 Å². The molecule has 3 amide bonds. The van der Waals surface area contributed by atoms with Gasteiger partial charge in [0.15, 0.2) is 0 Å². The second-order valence-corrected chi connectivity index (χ2v) is 11.6. The number of fused-ring (bicyclic) bond motifs is 1. The Labute approximate surface area is 226 Å². The largest absolute Gasteiger partial charge is 0.506 e. The molecule has 3 aromatic rings. The van der Waals surface area contributed by atoms with Gasteiger partial charge in [0.1, 0.15) is 5.75 Å². The van der Waals surface area contributed by atoms with E-state index in [2.05, 4.69) is 15.4 Å². The zero-order valence-corrected chi connectivity index (χ0v) is 22.0. The Kier molecular flexibility index (Phi) is 7.97. The van der Waals surface area contributed by atoms with Gasteiger partial charge >= 0.3 is 11.5 Å². The first-order chi connectivity index (χ1) is 18.3. The normalized spacial score (nSPS) is 13.5. The topological polar surface area (TPSA) is 128 Å². The van der Waals surface area contributed by atoms with E-state index in [1.165, 1.54) is 30.3 Å². The molecule has 1 heterocycles. The highest BCUT2D eigenvalue weighted by Crippen LogP contribution is 2.37. The van der Waals surface area contributed by atoms with Crippen LogP contribution in [0.4, 0.5) is 35.0 Å². The van der Waals surface area contributed by atoms with Gasteiger partial charge in [-0.3, -0.25) is 9.52 Å². The molecule has 0 fully saturated rings. The number of carbonyl (C=O) groups excluding carboxylic acids is 2. The molecule has 0 bridgehead atoms. The van der Waals surface area contributed by atoms with Crippen LogP contribution in [0.5, 0.6) is 5.75 Å². The number of nitrogens with one attached hydrogen (secondary N) is 3. The van der Waals surface area contributed by atoms with E-state index in [0.29, 0.717) is 29.8 Å². The molecule has 9 nitrogen and oxygen atoms in total. The Bertz CT molecular complexity index is 1510. The highest BCUT2D eigenvalue weighted by Gasteiger charge is 2.29. The fourth-order valence-electron chi connectivity index (χ4n) is 3.97. The third kappa shape index (κ3) is 7.80. The smallest absolute Gasteiger partial charge is 0.446 e. The molecule has 1 aliphatic rings. The van der Waals surface area contributed by atoms with Gasteiger partial charge in [0, 0.05) is 34.9 Å². The molecule has 0 unspecified atom stereocenters. The Morgan fingerprint density at radius 1 is 1.03 bits per heavy atom. The summed E-state index contributed by atoms with van der Waals surface area (Å²) in [6, 6.07) is 14.0. The van der Waals surface area contributed by atoms with Crippen LogP contribution in [0.2, 0.25) is 0 Å². The molecule has 39 heavy (non-hydrogen) atoms. The predicted molar refractivity (Wildman–Crippen MR) is 142 cm³/mol. The van der Waals surface area contributed by atoms with Gasteiger partial charge in [-0.1, -0.05) is 12.1 Å². The lowest BCUT2D eigenvalue weighted by Gasteiger charge is -2.29. The minimum atomic E-state index is -4.37. The number of phenols is 1. The molecular formula is C25H23F3N4O5S2. The molecule has 0 atom stereocenters. The number of anilines is 3. The van der Waals surface area contributed by atoms with E-state index < -0.39 is 21.6 Å². The standard InChI is InChI=1S/C25H23F3N4O5S2/c1-39(36,37)31-21-13-18(5-9-22(21)33)30-24(35)29-17-4-8-20-16(12-17)10-11-32(23(20)34)14-15-2-6-19(7-3-15)38-25(26,27)28/h2-9,12-13,31,33H,10-11,14H2,1H3,(H2,29,30,35). The number of benzene rings is 3. The van der Waals surface area contributed by atoms with Gasteiger partial charge in [0.25, 0.3) is 5.91 Å². The van der Waals surface area contributed by atoms with E-state index in [1.807, 2.05) is 0 Å². The summed E-state index contributed by atoms with van der Waals surface area (Å²) in [5, 5.41) is 15.0. The lowest BCUT2D eigenvalue weighted by molar-refractivity contribution is -0.0328. The number of aromatic hydroxyl groups is 1. The second kappa shape index (κ2) is 11.1. The first-order valence-corrected chi connectivity index (χ1v) is 14.1. The summed E-state index contributed by atoms with van der Waals surface area (Å²) in [5.41, 5.74) is -1.90. The van der Waals surface area contributed by atoms with Crippen molar-refractivity contribution >= 4 is 50.8 Å². The lowest BCUT2D eigenvalue weighted by atomic mass is 9.97. The number of carbonyl (C=O) groups is 2. The van der Waals surface area contributed by atoms with Crippen LogP contribution in [0.15, 0.2) is 65.6 Å². The number of urea groups is 1. The van der Waals surface area contributed by atoms with E-state index in [4.69, 9.17) is 0 Å². The zero-order chi connectivity index (χ0) is 28.4. The maximum atomic E-state index is 13.0. The second-order valence-electron chi connectivity index (χ2n) is 8.73. The van der Waals surface area contributed by atoms with Gasteiger partial charge in [0.2, 0.25) is 10.0 Å². The molecule has 206 valence electrons. The van der Waals surface area contributed by atoms with Gasteiger partial charge in [0.05, 0.1) is 11.9 Å². The molecule has 4 N–H and O–H groups in total. The number of amides is 3. The van der Waals surface area contributed by atoms with Crippen LogP contribution in [-0.2, 0) is 23.0 Å². The maximum Gasteiger partial charge on any atom is 0.446 e. The highest BCUT2D eigenvalue weighted by molar-refractivity contribution is 8.00. The Morgan fingerprint density at radius 3 is 2.31 bits per heavy atom. The number of thioether (sulfide) groups is 1. The summed E-state index contributed by atoms with van der Waals surface area (Å²) >= 11 is -0.194. The van der Waals surface area contributed by atoms with E-state index in [0.717, 1.165) is 11.8 Å². The highest BCUT2D eigenvalue weighted by atomic mass is 32.2. The number of sulfonamides is 1. The van der Waals surface area contributed by atoms with E-state index in [-0.39, 0.29) is 46.2 Å². The van der Waals surface area contributed by atoms with Crippen LogP contribution in [0.3, 0.4) is 0 Å². The van der Waals surface area contributed by atoms with Crippen LogP contribution in [0, 0.1) is 0 Å². The number of phenolic OH excluding ortho intramolecular Hbond substituents is 1. The molecule has 0 radical (unpaired) electrons. The first-order valence-electron chi connectivity index (χ1n) is 11.4. The predicted octanol–water partition coefficient (Wildman–Crippen LogP) is 5.22. The Hall–Kier alpha value is -3.91. The number of nitrogens with zero attached hydrogens (tertiary/aromatic N) is 1.